The molecule has 0 aliphatic heterocycles. The van der Waals surface area contributed by atoms with E-state index >= 15 is 0 Å². The van der Waals surface area contributed by atoms with Gasteiger partial charge in [0, 0.05) is 19.3 Å². The highest BCUT2D eigenvalue weighted by Gasteiger charge is 2.05. The van der Waals surface area contributed by atoms with E-state index in [-0.39, 0.29) is 5.69 Å². The molecule has 0 aromatic carbocycles. The molecule has 0 saturated heterocycles. The molecule has 0 spiro atoms. The van der Waals surface area contributed by atoms with E-state index in [0.29, 0.717) is 13.1 Å². The molecule has 0 amide bonds. The molecule has 0 unspecified atom stereocenters. The molecule has 2 heterocycles. The predicted molar refractivity (Wildman–Crippen MR) is 57.6 cm³/mol. The third-order valence-electron chi connectivity index (χ3n) is 1.86. The van der Waals surface area contributed by atoms with Gasteiger partial charge < -0.3 is 15.0 Å². The first-order valence-corrected chi connectivity index (χ1v) is 5.39. The smallest absolute Gasteiger partial charge is 0.356 e. The van der Waals surface area contributed by atoms with Gasteiger partial charge in [0.2, 0.25) is 5.13 Å². The maximum atomic E-state index is 10.6. The topological polar surface area (TPSA) is 92.9 Å². The molecular weight excluding hydrogens is 230 g/mol. The molecule has 2 rings (SSSR count). The summed E-state index contributed by atoms with van der Waals surface area (Å²) in [7, 11) is 0. The van der Waals surface area contributed by atoms with Gasteiger partial charge in [-0.05, 0) is 0 Å². The van der Waals surface area contributed by atoms with Crippen LogP contribution in [-0.4, -0.2) is 37.4 Å². The summed E-state index contributed by atoms with van der Waals surface area (Å²) in [6.45, 7) is 1.27. The maximum absolute atomic E-state index is 10.6. The molecule has 8 heteroatoms. The molecule has 0 aliphatic rings. The number of hydrogen-bond acceptors (Lipinski definition) is 6. The lowest BCUT2D eigenvalue weighted by atomic mass is 10.5. The molecule has 2 N–H and O–H groups in total. The molecule has 2 aromatic rings. The highest BCUT2D eigenvalue weighted by molar-refractivity contribution is 7.13. The number of rotatable bonds is 5. The van der Waals surface area contributed by atoms with E-state index < -0.39 is 5.97 Å². The lowest BCUT2D eigenvalue weighted by Gasteiger charge is -2.01. The molecule has 7 nitrogen and oxygen atoms in total. The minimum absolute atomic E-state index is 0.0518. The number of carbonyl (C=O) groups is 1. The monoisotopic (exact) mass is 239 g/mol. The van der Waals surface area contributed by atoms with Crippen molar-refractivity contribution in [2.45, 2.75) is 6.54 Å². The number of aromatic nitrogens is 4. The average Bonchev–Trinajstić information content (AvgIpc) is 2.87. The summed E-state index contributed by atoms with van der Waals surface area (Å²) in [5.41, 5.74) is 1.69. The van der Waals surface area contributed by atoms with Crippen molar-refractivity contribution in [3.63, 3.8) is 0 Å². The van der Waals surface area contributed by atoms with Crippen LogP contribution in [0, 0.1) is 0 Å². The van der Waals surface area contributed by atoms with Gasteiger partial charge in [0.15, 0.2) is 5.69 Å². The highest BCUT2D eigenvalue weighted by atomic mass is 32.1. The Labute approximate surface area is 94.8 Å². The number of carboxylic acids is 1. The summed E-state index contributed by atoms with van der Waals surface area (Å²) in [4.78, 5) is 14.3. The summed E-state index contributed by atoms with van der Waals surface area (Å²) in [5.74, 6) is -1.02. The molecule has 0 saturated carbocycles. The van der Waals surface area contributed by atoms with Crippen LogP contribution in [0.15, 0.2) is 18.0 Å². The Morgan fingerprint density at radius 1 is 1.62 bits per heavy atom. The van der Waals surface area contributed by atoms with Crippen molar-refractivity contribution in [1.82, 2.24) is 19.7 Å². The lowest BCUT2D eigenvalue weighted by Crippen LogP contribution is -2.09. The van der Waals surface area contributed by atoms with Gasteiger partial charge >= 0.3 is 5.97 Å². The van der Waals surface area contributed by atoms with Crippen molar-refractivity contribution in [3.8, 4) is 0 Å². The van der Waals surface area contributed by atoms with Crippen LogP contribution in [0.1, 0.15) is 10.5 Å². The largest absolute Gasteiger partial charge is 0.476 e. The zero-order valence-corrected chi connectivity index (χ0v) is 9.02. The molecule has 0 aliphatic carbocycles. The van der Waals surface area contributed by atoms with Crippen molar-refractivity contribution < 1.29 is 9.90 Å². The fourth-order valence-electron chi connectivity index (χ4n) is 1.13. The van der Waals surface area contributed by atoms with Crippen LogP contribution in [0.4, 0.5) is 5.13 Å². The second-order valence-electron chi connectivity index (χ2n) is 2.97. The summed E-state index contributed by atoms with van der Waals surface area (Å²) in [6, 6.07) is 0. The fourth-order valence-corrected chi connectivity index (χ4v) is 1.61. The van der Waals surface area contributed by atoms with Crippen LogP contribution < -0.4 is 5.32 Å². The third-order valence-corrected chi connectivity index (χ3v) is 2.51. The Bertz CT molecular complexity index is 466. The number of nitrogens with zero attached hydrogens (tertiary/aromatic N) is 4. The molecule has 84 valence electrons. The van der Waals surface area contributed by atoms with E-state index in [1.54, 1.807) is 10.1 Å². The Kier molecular flexibility index (Phi) is 3.10. The van der Waals surface area contributed by atoms with Crippen molar-refractivity contribution in [3.05, 3.63) is 23.7 Å². The first-order valence-electron chi connectivity index (χ1n) is 4.51. The van der Waals surface area contributed by atoms with E-state index in [2.05, 4.69) is 20.5 Å². The quantitative estimate of drug-likeness (QED) is 0.791. The van der Waals surface area contributed by atoms with Gasteiger partial charge in [-0.15, -0.1) is 10.2 Å². The summed E-state index contributed by atoms with van der Waals surface area (Å²) >= 11 is 1.42. The minimum Gasteiger partial charge on any atom is -0.476 e. The van der Waals surface area contributed by atoms with Crippen molar-refractivity contribution in [1.29, 1.82) is 0 Å². The van der Waals surface area contributed by atoms with E-state index in [1.807, 2.05) is 0 Å². The lowest BCUT2D eigenvalue weighted by molar-refractivity contribution is 0.0691. The number of nitrogens with one attached hydrogen (secondary N) is 1. The number of hydrogen-bond donors (Lipinski definition) is 2. The summed E-state index contributed by atoms with van der Waals surface area (Å²) in [5, 5.41) is 20.0. The van der Waals surface area contributed by atoms with Crippen LogP contribution in [-0.2, 0) is 6.54 Å². The van der Waals surface area contributed by atoms with E-state index in [0.717, 1.165) is 5.13 Å². The zero-order valence-electron chi connectivity index (χ0n) is 8.20. The number of imidazole rings is 1. The number of anilines is 1. The predicted octanol–water partition coefficient (Wildman–Crippen LogP) is 0.545. The van der Waals surface area contributed by atoms with E-state index in [1.165, 1.54) is 23.9 Å². The normalized spacial score (nSPS) is 10.2. The molecule has 2 aromatic heterocycles. The summed E-state index contributed by atoms with van der Waals surface area (Å²) in [6.07, 6.45) is 2.98. The zero-order chi connectivity index (χ0) is 11.4. The average molecular weight is 239 g/mol. The Balaban J connectivity index is 1.83. The minimum atomic E-state index is -1.02. The van der Waals surface area contributed by atoms with Crippen LogP contribution in [0.5, 0.6) is 0 Å². The Morgan fingerprint density at radius 2 is 2.50 bits per heavy atom. The fraction of sp³-hybridized carbons (Fsp3) is 0.250. The maximum Gasteiger partial charge on any atom is 0.356 e. The highest BCUT2D eigenvalue weighted by Crippen LogP contribution is 2.07. The van der Waals surface area contributed by atoms with Crippen LogP contribution >= 0.6 is 11.3 Å². The first kappa shape index (κ1) is 10.6. The van der Waals surface area contributed by atoms with Crippen molar-refractivity contribution in [2.75, 3.05) is 11.9 Å². The molecule has 0 atom stereocenters. The van der Waals surface area contributed by atoms with Gasteiger partial charge in [0.05, 0.1) is 6.33 Å². The molecule has 0 fully saturated rings. The van der Waals surface area contributed by atoms with Gasteiger partial charge in [-0.25, -0.2) is 9.78 Å². The summed E-state index contributed by atoms with van der Waals surface area (Å²) < 4.78 is 1.71. The molecule has 0 bridgehead atoms. The van der Waals surface area contributed by atoms with Gasteiger partial charge in [0.1, 0.15) is 5.51 Å². The number of aromatic carboxylic acids is 1. The molecule has 0 radical (unpaired) electrons. The Morgan fingerprint density at radius 3 is 3.12 bits per heavy atom. The first-order chi connectivity index (χ1) is 7.75. The van der Waals surface area contributed by atoms with Gasteiger partial charge in [-0.2, -0.15) is 0 Å². The second-order valence-corrected chi connectivity index (χ2v) is 3.81. The second kappa shape index (κ2) is 4.71. The van der Waals surface area contributed by atoms with E-state index in [9.17, 15) is 4.79 Å². The van der Waals surface area contributed by atoms with Crippen LogP contribution in [0.25, 0.3) is 0 Å². The van der Waals surface area contributed by atoms with Crippen LogP contribution in [0.2, 0.25) is 0 Å². The van der Waals surface area contributed by atoms with Gasteiger partial charge in [-0.3, -0.25) is 0 Å². The van der Waals surface area contributed by atoms with Gasteiger partial charge in [-0.1, -0.05) is 11.3 Å². The molecule has 16 heavy (non-hydrogen) atoms. The standard InChI is InChI=1S/C8H9N5O2S/c14-7(15)6-3-13(4-10-6)2-1-9-8-12-11-5-16-8/h3-5H,1-2H2,(H,9,12)(H,14,15). The van der Waals surface area contributed by atoms with Gasteiger partial charge in [0.25, 0.3) is 0 Å². The molecular formula is C8H9N5O2S. The van der Waals surface area contributed by atoms with Crippen molar-refractivity contribution >= 4 is 22.4 Å². The third kappa shape index (κ3) is 2.54. The number of carboxylic acid groups (broad SMARTS) is 1. The van der Waals surface area contributed by atoms with Crippen molar-refractivity contribution in [2.24, 2.45) is 0 Å². The SMILES string of the molecule is O=C(O)c1cn(CCNc2nncs2)cn1. The van der Waals surface area contributed by atoms with E-state index in [4.69, 9.17) is 5.11 Å². The Hall–Kier alpha value is -1.96. The van der Waals surface area contributed by atoms with Crippen LogP contribution in [0.3, 0.4) is 0 Å².